The Morgan fingerprint density at radius 1 is 0.667 bits per heavy atom. The smallest absolute Gasteiger partial charge is 0.148 e. The summed E-state index contributed by atoms with van der Waals surface area (Å²) >= 11 is 0. The Labute approximate surface area is 399 Å². The first-order valence-corrected chi connectivity index (χ1v) is 21.4. The van der Waals surface area contributed by atoms with E-state index in [0.29, 0.717) is 39.4 Å². The second kappa shape index (κ2) is 17.5. The number of imidazole rings is 1. The van der Waals surface area contributed by atoms with Crippen LogP contribution in [0.2, 0.25) is 0 Å². The van der Waals surface area contributed by atoms with Crippen molar-refractivity contribution in [2.24, 2.45) is 0 Å². The molecule has 2 heterocycles. The zero-order valence-electron chi connectivity index (χ0n) is 44.8. The Morgan fingerprint density at radius 3 is 2.03 bits per heavy atom. The van der Waals surface area contributed by atoms with E-state index in [2.05, 4.69) is 65.0 Å². The van der Waals surface area contributed by atoms with E-state index in [1.54, 1.807) is 24.4 Å². The summed E-state index contributed by atoms with van der Waals surface area (Å²) in [5.74, 6) is -0.244. The molecule has 0 bridgehead atoms. The van der Waals surface area contributed by atoms with Gasteiger partial charge in [0.15, 0.2) is 0 Å². The Balaban J connectivity index is 0.00000722. The van der Waals surface area contributed by atoms with Gasteiger partial charge in [-0.05, 0) is 111 Å². The molecular formula is C58H60N3OPt-. The standard InChI is InChI=1S/C58H60N3O.Pt/c1-35(2)42-28-43(36(3)4)30-44(29-42)40-23-24-52(38(6)27-40)61-53-18-14-15-48(54(53)60-56(61)49-16-13-17-50(55(49)62)58(10,11)12)45-31-46(33-47(32-45)57(7,8)9)51-34-41(25-26-59-51)39-21-19-37(5)20-22-39;/h13-30,32-36,62H,1-12H3;/q-1;/i5D3,6D3,35D;. The van der Waals surface area contributed by atoms with Crippen LogP contribution >= 0.6 is 0 Å². The van der Waals surface area contributed by atoms with Gasteiger partial charge in [0.05, 0.1) is 22.3 Å². The predicted octanol–water partition coefficient (Wildman–Crippen LogP) is 15.7. The minimum atomic E-state index is -2.57. The number of aromatic hydroxyl groups is 1. The molecule has 0 radical (unpaired) electrons. The second-order valence-electron chi connectivity index (χ2n) is 19.1. The average molecular weight is 1020 g/mol. The van der Waals surface area contributed by atoms with Crippen molar-refractivity contribution in [1.29, 1.82) is 0 Å². The minimum absolute atomic E-state index is 0. The van der Waals surface area contributed by atoms with Crippen molar-refractivity contribution in [1.82, 2.24) is 14.5 Å². The van der Waals surface area contributed by atoms with E-state index in [9.17, 15) is 5.11 Å². The maximum Gasteiger partial charge on any atom is 0.148 e. The van der Waals surface area contributed by atoms with Crippen LogP contribution in [-0.4, -0.2) is 19.6 Å². The Hall–Kier alpha value is -5.57. The van der Waals surface area contributed by atoms with Gasteiger partial charge < -0.3 is 5.11 Å². The normalized spacial score (nSPS) is 14.2. The molecule has 4 nitrogen and oxygen atoms in total. The fourth-order valence-electron chi connectivity index (χ4n) is 8.13. The van der Waals surface area contributed by atoms with E-state index in [-0.39, 0.29) is 49.3 Å². The molecule has 0 aliphatic carbocycles. The molecule has 0 saturated heterocycles. The number of nitrogens with zero attached hydrogens (tertiary/aromatic N) is 3. The van der Waals surface area contributed by atoms with Crippen molar-refractivity contribution in [2.75, 3.05) is 0 Å². The van der Waals surface area contributed by atoms with E-state index >= 15 is 0 Å². The zero-order chi connectivity index (χ0) is 50.2. The van der Waals surface area contributed by atoms with Gasteiger partial charge in [0.2, 0.25) is 0 Å². The van der Waals surface area contributed by atoms with Gasteiger partial charge in [0, 0.05) is 42.6 Å². The summed E-state index contributed by atoms with van der Waals surface area (Å²) in [6.45, 7) is 15.7. The third-order valence-electron chi connectivity index (χ3n) is 11.8. The van der Waals surface area contributed by atoms with E-state index in [0.717, 1.165) is 55.6 Å². The monoisotopic (exact) mass is 1020 g/mol. The maximum atomic E-state index is 12.2. The van der Waals surface area contributed by atoms with Crippen LogP contribution in [0, 0.1) is 19.8 Å². The summed E-state index contributed by atoms with van der Waals surface area (Å²) < 4.78 is 61.3. The van der Waals surface area contributed by atoms with E-state index in [4.69, 9.17) is 19.6 Å². The van der Waals surface area contributed by atoms with Gasteiger partial charge in [-0.25, -0.2) is 4.98 Å². The molecule has 0 aliphatic heterocycles. The average Bonchev–Trinajstić information content (AvgIpc) is 3.66. The van der Waals surface area contributed by atoms with E-state index in [1.165, 1.54) is 0 Å². The van der Waals surface area contributed by atoms with Gasteiger partial charge in [-0.2, -0.15) is 0 Å². The summed E-state index contributed by atoms with van der Waals surface area (Å²) in [5.41, 5.74) is 11.6. The summed E-state index contributed by atoms with van der Waals surface area (Å²) in [5, 5.41) is 12.2. The number of hydrogen-bond donors (Lipinski definition) is 1. The molecule has 0 amide bonds. The first-order valence-electron chi connectivity index (χ1n) is 24.9. The molecule has 8 rings (SSSR count). The Kier molecular flexibility index (Phi) is 10.3. The Morgan fingerprint density at radius 2 is 1.35 bits per heavy atom. The van der Waals surface area contributed by atoms with Crippen LogP contribution < -0.4 is 0 Å². The van der Waals surface area contributed by atoms with Gasteiger partial charge in [-0.3, -0.25) is 9.55 Å². The third-order valence-corrected chi connectivity index (χ3v) is 11.8. The summed E-state index contributed by atoms with van der Waals surface area (Å²) in [6.07, 6.45) is 1.75. The number of aromatic nitrogens is 3. The van der Waals surface area contributed by atoms with Gasteiger partial charge in [-0.15, -0.1) is 29.3 Å². The zero-order valence-corrected chi connectivity index (χ0v) is 40.1. The number of phenolic OH excluding ortho intramolecular Hbond substituents is 1. The van der Waals surface area contributed by atoms with Crippen LogP contribution in [0.1, 0.15) is 124 Å². The minimum Gasteiger partial charge on any atom is -0.507 e. The molecule has 324 valence electrons. The van der Waals surface area contributed by atoms with E-state index in [1.807, 2.05) is 118 Å². The number of phenols is 1. The van der Waals surface area contributed by atoms with Gasteiger partial charge in [-0.1, -0.05) is 165 Å². The summed E-state index contributed by atoms with van der Waals surface area (Å²) in [4.78, 5) is 10.2. The number of fused-ring (bicyclic) bond motifs is 1. The number of para-hydroxylation sites is 2. The number of benzene rings is 6. The van der Waals surface area contributed by atoms with Crippen molar-refractivity contribution < 1.29 is 35.8 Å². The summed E-state index contributed by atoms with van der Waals surface area (Å²) in [7, 11) is 0. The molecule has 0 spiro atoms. The molecule has 2 aromatic heterocycles. The van der Waals surface area contributed by atoms with Crippen molar-refractivity contribution in [3.05, 3.63) is 167 Å². The van der Waals surface area contributed by atoms with Crippen LogP contribution in [0.25, 0.3) is 72.7 Å². The van der Waals surface area contributed by atoms with Crippen LogP contribution in [0.3, 0.4) is 0 Å². The quantitative estimate of drug-likeness (QED) is 0.154. The van der Waals surface area contributed by atoms with Crippen LogP contribution in [0.15, 0.2) is 128 Å². The molecule has 1 N–H and O–H groups in total. The van der Waals surface area contributed by atoms with Crippen LogP contribution in [0.5, 0.6) is 5.75 Å². The van der Waals surface area contributed by atoms with Crippen molar-refractivity contribution in [3.63, 3.8) is 0 Å². The predicted molar refractivity (Wildman–Crippen MR) is 262 cm³/mol. The van der Waals surface area contributed by atoms with Crippen LogP contribution in [-0.2, 0) is 31.9 Å². The maximum absolute atomic E-state index is 12.2. The number of rotatable bonds is 8. The first-order chi connectivity index (χ1) is 32.1. The number of hydrogen-bond acceptors (Lipinski definition) is 3. The van der Waals surface area contributed by atoms with Gasteiger partial charge >= 0.3 is 0 Å². The molecule has 8 aromatic rings. The molecule has 5 heteroatoms. The molecule has 0 saturated carbocycles. The third kappa shape index (κ3) is 9.11. The summed E-state index contributed by atoms with van der Waals surface area (Å²) in [6, 6.07) is 41.8. The topological polar surface area (TPSA) is 50.9 Å². The molecule has 6 aromatic carbocycles. The molecular weight excluding hydrogens is 950 g/mol. The molecule has 0 fully saturated rings. The van der Waals surface area contributed by atoms with Crippen molar-refractivity contribution >= 4 is 11.0 Å². The van der Waals surface area contributed by atoms with Crippen molar-refractivity contribution in [2.45, 2.75) is 106 Å². The largest absolute Gasteiger partial charge is 0.507 e. The molecule has 0 atom stereocenters. The van der Waals surface area contributed by atoms with Crippen molar-refractivity contribution in [3.8, 4) is 67.5 Å². The molecule has 0 aliphatic rings. The van der Waals surface area contributed by atoms with Gasteiger partial charge in [0.25, 0.3) is 0 Å². The van der Waals surface area contributed by atoms with E-state index < -0.39 is 25.0 Å². The van der Waals surface area contributed by atoms with Crippen LogP contribution in [0.4, 0.5) is 0 Å². The van der Waals surface area contributed by atoms with Gasteiger partial charge in [0.1, 0.15) is 11.6 Å². The number of aryl methyl sites for hydroxylation is 2. The number of pyridine rings is 1. The molecule has 0 unspecified atom stereocenters. The second-order valence-corrected chi connectivity index (χ2v) is 19.1. The SMILES string of the molecule is [2H]C([2H])([2H])c1ccc(-c2ccnc(-c3[c-]c(-c4cccc5c4nc(-c4cccc(C(C)(C)C)c4O)n5-c4ccc(-c5cc(C(C)C)cc(C([2H])(C)C)c5)cc4C([2H])([2H])[2H])cc(C(C)(C)C)c3)c2)cc1.[Pt]. The first kappa shape index (κ1) is 36.9. The fraction of sp³-hybridized carbons (Fsp3) is 0.276. The Bertz CT molecular complexity index is 3240. The fourth-order valence-corrected chi connectivity index (χ4v) is 8.13. The molecule has 63 heavy (non-hydrogen) atoms.